The van der Waals surface area contributed by atoms with Crippen LogP contribution in [0.5, 0.6) is 5.75 Å². The van der Waals surface area contributed by atoms with Crippen molar-refractivity contribution in [2.45, 2.75) is 27.2 Å². The number of carbonyl (C=O) groups is 2. The molecule has 1 N–H and O–H groups in total. The average molecular weight is 442 g/mol. The SMILES string of the molecule is CCOc1ccccc1NC(=O)CN1C(=O)CC(c2ccc(C)cc2C)=Nc2ccccc21. The van der Waals surface area contributed by atoms with Crippen LogP contribution in [-0.4, -0.2) is 30.7 Å². The Kier molecular flexibility index (Phi) is 6.54. The van der Waals surface area contributed by atoms with Crippen LogP contribution in [0.15, 0.2) is 71.7 Å². The zero-order valence-corrected chi connectivity index (χ0v) is 19.1. The summed E-state index contributed by atoms with van der Waals surface area (Å²) in [5.41, 5.74) is 5.74. The van der Waals surface area contributed by atoms with E-state index in [0.717, 1.165) is 16.7 Å². The fourth-order valence-electron chi connectivity index (χ4n) is 4.00. The van der Waals surface area contributed by atoms with Crippen molar-refractivity contribution in [1.82, 2.24) is 0 Å². The fraction of sp³-hybridized carbons (Fsp3) is 0.222. The second kappa shape index (κ2) is 9.69. The van der Waals surface area contributed by atoms with Crippen molar-refractivity contribution in [1.29, 1.82) is 0 Å². The standard InChI is InChI=1S/C27H27N3O3/c1-4-33-25-12-8-6-10-22(25)29-26(31)17-30-24-11-7-5-9-21(24)28-23(16-27(30)32)20-14-13-18(2)15-19(20)3/h5-15H,4,16-17H2,1-3H3,(H,29,31). The molecule has 0 spiro atoms. The van der Waals surface area contributed by atoms with Gasteiger partial charge in [-0.05, 0) is 56.2 Å². The van der Waals surface area contributed by atoms with Gasteiger partial charge in [0.25, 0.3) is 0 Å². The van der Waals surface area contributed by atoms with E-state index in [9.17, 15) is 9.59 Å². The normalized spacial score (nSPS) is 13.1. The molecule has 3 aromatic rings. The van der Waals surface area contributed by atoms with Gasteiger partial charge in [0.2, 0.25) is 11.8 Å². The van der Waals surface area contributed by atoms with Gasteiger partial charge >= 0.3 is 0 Å². The molecule has 33 heavy (non-hydrogen) atoms. The molecule has 2 amide bonds. The molecule has 0 atom stereocenters. The zero-order valence-electron chi connectivity index (χ0n) is 19.1. The van der Waals surface area contributed by atoms with Crippen LogP contribution in [0.3, 0.4) is 0 Å². The van der Waals surface area contributed by atoms with Gasteiger partial charge in [0.1, 0.15) is 12.3 Å². The molecule has 0 radical (unpaired) electrons. The lowest BCUT2D eigenvalue weighted by Crippen LogP contribution is -2.38. The third kappa shape index (κ3) is 4.95. The van der Waals surface area contributed by atoms with Gasteiger partial charge in [-0.3, -0.25) is 14.6 Å². The molecule has 1 aliphatic rings. The number of benzene rings is 3. The highest BCUT2D eigenvalue weighted by Crippen LogP contribution is 2.33. The summed E-state index contributed by atoms with van der Waals surface area (Å²) in [5.74, 6) is 0.114. The first-order valence-electron chi connectivity index (χ1n) is 11.0. The van der Waals surface area contributed by atoms with Crippen LogP contribution < -0.4 is 15.0 Å². The van der Waals surface area contributed by atoms with Crippen molar-refractivity contribution in [2.24, 2.45) is 4.99 Å². The van der Waals surface area contributed by atoms with E-state index in [0.29, 0.717) is 35.1 Å². The molecule has 0 saturated carbocycles. The molecule has 0 unspecified atom stereocenters. The highest BCUT2D eigenvalue weighted by molar-refractivity contribution is 6.19. The Morgan fingerprint density at radius 1 is 1.06 bits per heavy atom. The van der Waals surface area contributed by atoms with Gasteiger partial charge in [-0.1, -0.05) is 48.0 Å². The van der Waals surface area contributed by atoms with Crippen LogP contribution in [-0.2, 0) is 9.59 Å². The van der Waals surface area contributed by atoms with Crippen molar-refractivity contribution in [3.8, 4) is 5.75 Å². The second-order valence-corrected chi connectivity index (χ2v) is 8.00. The molecular weight excluding hydrogens is 414 g/mol. The number of nitrogens with one attached hydrogen (secondary N) is 1. The van der Waals surface area contributed by atoms with E-state index in [1.165, 1.54) is 4.90 Å². The van der Waals surface area contributed by atoms with E-state index in [1.54, 1.807) is 12.1 Å². The Morgan fingerprint density at radius 2 is 1.82 bits per heavy atom. The number of hydrogen-bond acceptors (Lipinski definition) is 4. The molecule has 6 heteroatoms. The van der Waals surface area contributed by atoms with Crippen LogP contribution in [0.2, 0.25) is 0 Å². The summed E-state index contributed by atoms with van der Waals surface area (Å²) >= 11 is 0. The van der Waals surface area contributed by atoms with Crippen molar-refractivity contribution in [3.63, 3.8) is 0 Å². The minimum atomic E-state index is -0.305. The Balaban J connectivity index is 1.61. The van der Waals surface area contributed by atoms with Gasteiger partial charge in [-0.25, -0.2) is 0 Å². The highest BCUT2D eigenvalue weighted by atomic mass is 16.5. The molecular formula is C27H27N3O3. The fourth-order valence-corrected chi connectivity index (χ4v) is 4.00. The molecule has 1 aliphatic heterocycles. The summed E-state index contributed by atoms with van der Waals surface area (Å²) in [5, 5.41) is 2.88. The van der Waals surface area contributed by atoms with Crippen molar-refractivity contribution in [3.05, 3.63) is 83.4 Å². The van der Waals surface area contributed by atoms with E-state index in [4.69, 9.17) is 9.73 Å². The number of rotatable bonds is 6. The van der Waals surface area contributed by atoms with Crippen LogP contribution in [0.25, 0.3) is 0 Å². The van der Waals surface area contributed by atoms with Gasteiger partial charge in [-0.2, -0.15) is 0 Å². The van der Waals surface area contributed by atoms with E-state index in [-0.39, 0.29) is 24.8 Å². The topological polar surface area (TPSA) is 71.0 Å². The maximum absolute atomic E-state index is 13.3. The molecule has 168 valence electrons. The predicted octanol–water partition coefficient (Wildman–Crippen LogP) is 5.20. The minimum Gasteiger partial charge on any atom is -0.492 e. The Bertz CT molecular complexity index is 1230. The monoisotopic (exact) mass is 441 g/mol. The van der Waals surface area contributed by atoms with Gasteiger partial charge < -0.3 is 15.0 Å². The summed E-state index contributed by atoms with van der Waals surface area (Å²) in [7, 11) is 0. The molecule has 0 saturated heterocycles. The van der Waals surface area contributed by atoms with E-state index >= 15 is 0 Å². The summed E-state index contributed by atoms with van der Waals surface area (Å²) in [4.78, 5) is 32.6. The summed E-state index contributed by atoms with van der Waals surface area (Å²) < 4.78 is 5.59. The molecule has 1 heterocycles. The number of anilines is 2. The number of aryl methyl sites for hydroxylation is 2. The lowest BCUT2D eigenvalue weighted by Gasteiger charge is -2.22. The van der Waals surface area contributed by atoms with Gasteiger partial charge in [0, 0.05) is 0 Å². The lowest BCUT2D eigenvalue weighted by atomic mass is 9.99. The Labute approximate surface area is 193 Å². The number of hydrogen-bond donors (Lipinski definition) is 1. The number of aliphatic imine (C=N–C) groups is 1. The maximum Gasteiger partial charge on any atom is 0.244 e. The first-order valence-corrected chi connectivity index (χ1v) is 11.0. The van der Waals surface area contributed by atoms with Gasteiger partial charge in [0.15, 0.2) is 0 Å². The number of amides is 2. The largest absolute Gasteiger partial charge is 0.492 e. The zero-order chi connectivity index (χ0) is 23.4. The number of para-hydroxylation sites is 4. The van der Waals surface area contributed by atoms with E-state index < -0.39 is 0 Å². The van der Waals surface area contributed by atoms with Crippen LogP contribution in [0.4, 0.5) is 17.1 Å². The molecule has 4 rings (SSSR count). The summed E-state index contributed by atoms with van der Waals surface area (Å²) in [6.07, 6.45) is 0.112. The number of nitrogens with zero attached hydrogens (tertiary/aromatic N) is 2. The van der Waals surface area contributed by atoms with Crippen molar-refractivity contribution in [2.75, 3.05) is 23.4 Å². The first kappa shape index (κ1) is 22.3. The van der Waals surface area contributed by atoms with Crippen molar-refractivity contribution >= 4 is 34.6 Å². The Hall–Kier alpha value is -3.93. The summed E-state index contributed by atoms with van der Waals surface area (Å²) in [6, 6.07) is 20.8. The first-order chi connectivity index (χ1) is 16.0. The van der Waals surface area contributed by atoms with Gasteiger partial charge in [-0.15, -0.1) is 0 Å². The number of fused-ring (bicyclic) bond motifs is 1. The summed E-state index contributed by atoms with van der Waals surface area (Å²) in [6.45, 7) is 6.32. The maximum atomic E-state index is 13.3. The van der Waals surface area contributed by atoms with Crippen LogP contribution in [0.1, 0.15) is 30.0 Å². The van der Waals surface area contributed by atoms with E-state index in [2.05, 4.69) is 11.4 Å². The third-order valence-electron chi connectivity index (χ3n) is 5.50. The molecule has 0 bridgehead atoms. The Morgan fingerprint density at radius 3 is 2.61 bits per heavy atom. The smallest absolute Gasteiger partial charge is 0.244 e. The van der Waals surface area contributed by atoms with Crippen LogP contribution in [0, 0.1) is 13.8 Å². The van der Waals surface area contributed by atoms with Crippen molar-refractivity contribution < 1.29 is 14.3 Å². The average Bonchev–Trinajstić information content (AvgIpc) is 2.92. The predicted molar refractivity (Wildman–Crippen MR) is 132 cm³/mol. The molecule has 0 aliphatic carbocycles. The molecule has 0 aromatic heterocycles. The highest BCUT2D eigenvalue weighted by Gasteiger charge is 2.27. The third-order valence-corrected chi connectivity index (χ3v) is 5.50. The minimum absolute atomic E-state index is 0.112. The van der Waals surface area contributed by atoms with Gasteiger partial charge in [0.05, 0.1) is 35.8 Å². The number of carbonyl (C=O) groups excluding carboxylic acids is 2. The number of ether oxygens (including phenoxy) is 1. The van der Waals surface area contributed by atoms with Crippen LogP contribution >= 0.6 is 0 Å². The lowest BCUT2D eigenvalue weighted by molar-refractivity contribution is -0.120. The molecule has 6 nitrogen and oxygen atoms in total. The second-order valence-electron chi connectivity index (χ2n) is 8.00. The van der Waals surface area contributed by atoms with E-state index in [1.807, 2.05) is 69.3 Å². The molecule has 0 fully saturated rings. The quantitative estimate of drug-likeness (QED) is 0.572. The molecule has 3 aromatic carbocycles.